The van der Waals surface area contributed by atoms with E-state index in [0.29, 0.717) is 37.3 Å². The topological polar surface area (TPSA) is 180 Å². The molecule has 1 aromatic carbocycles. The first-order valence-corrected chi connectivity index (χ1v) is 14.3. The molecule has 0 saturated carbocycles. The molecule has 2 atom stereocenters. The van der Waals surface area contributed by atoms with Crippen LogP contribution in [-0.2, 0) is 29.9 Å². The number of rotatable bonds is 17. The van der Waals surface area contributed by atoms with Crippen molar-refractivity contribution in [1.29, 1.82) is 0 Å². The van der Waals surface area contributed by atoms with Crippen LogP contribution in [0.4, 0.5) is 10.5 Å². The predicted molar refractivity (Wildman–Crippen MR) is 159 cm³/mol. The maximum atomic E-state index is 13.2. The third-order valence-electron chi connectivity index (χ3n) is 6.35. The maximum absolute atomic E-state index is 13.2. The summed E-state index contributed by atoms with van der Waals surface area (Å²) in [5, 5.41) is 10.7. The number of nitrogens with zero attached hydrogens (tertiary/aromatic N) is 1. The number of nitrogens with one attached hydrogen (secondary N) is 4. The Hall–Kier alpha value is -4.19. The molecule has 1 aliphatic heterocycles. The quantitative estimate of drug-likeness (QED) is 0.0788. The Morgan fingerprint density at radius 1 is 0.952 bits per heavy atom. The molecule has 1 unspecified atom stereocenters. The van der Waals surface area contributed by atoms with Crippen molar-refractivity contribution < 1.29 is 28.8 Å². The van der Waals surface area contributed by atoms with E-state index in [9.17, 15) is 28.8 Å². The molecule has 12 nitrogen and oxygen atoms in total. The zero-order valence-corrected chi connectivity index (χ0v) is 24.6. The van der Waals surface area contributed by atoms with Crippen molar-refractivity contribution in [3.8, 4) is 0 Å². The highest BCUT2D eigenvalue weighted by Gasteiger charge is 2.28. The number of hydrogen-bond donors (Lipinski definition) is 5. The molecule has 228 valence electrons. The molecule has 0 fully saturated rings. The molecular weight excluding hydrogens is 564 g/mol. The van der Waals surface area contributed by atoms with Crippen LogP contribution in [0.2, 0.25) is 0 Å². The van der Waals surface area contributed by atoms with Gasteiger partial charge in [-0.1, -0.05) is 44.6 Å². The molecule has 13 heteroatoms. The number of carbonyl (C=O) groups excluding carboxylic acids is 6. The van der Waals surface area contributed by atoms with E-state index in [-0.39, 0.29) is 43.1 Å². The second kappa shape index (κ2) is 17.6. The Morgan fingerprint density at radius 2 is 1.62 bits per heavy atom. The lowest BCUT2D eigenvalue weighted by Gasteiger charge is -2.24. The molecule has 6 N–H and O–H groups in total. The van der Waals surface area contributed by atoms with Gasteiger partial charge in [-0.05, 0) is 42.9 Å². The van der Waals surface area contributed by atoms with Gasteiger partial charge in [0.1, 0.15) is 12.1 Å². The van der Waals surface area contributed by atoms with E-state index in [1.807, 2.05) is 0 Å². The number of unbranched alkanes of at least 4 members (excludes halogenated alkanes) is 2. The molecule has 1 aromatic rings. The van der Waals surface area contributed by atoms with Crippen LogP contribution in [-0.4, -0.2) is 65.6 Å². The number of urea groups is 1. The van der Waals surface area contributed by atoms with E-state index < -0.39 is 29.9 Å². The van der Waals surface area contributed by atoms with Crippen LogP contribution < -0.4 is 27.0 Å². The second-order valence-corrected chi connectivity index (χ2v) is 10.3. The van der Waals surface area contributed by atoms with Crippen LogP contribution in [0.25, 0.3) is 0 Å². The number of hydrogen-bond acceptors (Lipinski definition) is 6. The lowest BCUT2D eigenvalue weighted by atomic mass is 10.0. The van der Waals surface area contributed by atoms with Gasteiger partial charge in [-0.3, -0.25) is 28.9 Å². The minimum Gasteiger partial charge on any atom is -0.352 e. The molecule has 7 amide bonds. The van der Waals surface area contributed by atoms with Crippen LogP contribution in [0.1, 0.15) is 51.5 Å². The normalized spacial score (nSPS) is 14.2. The molecule has 42 heavy (non-hydrogen) atoms. The van der Waals surface area contributed by atoms with Gasteiger partial charge in [-0.2, -0.15) is 0 Å². The first kappa shape index (κ1) is 34.0. The summed E-state index contributed by atoms with van der Waals surface area (Å²) in [6.45, 7) is 4.10. The lowest BCUT2D eigenvalue weighted by molar-refractivity contribution is -0.137. The van der Waals surface area contributed by atoms with Gasteiger partial charge in [0, 0.05) is 43.2 Å². The van der Waals surface area contributed by atoms with Crippen LogP contribution >= 0.6 is 11.6 Å². The molecule has 0 spiro atoms. The monoisotopic (exact) mass is 602 g/mol. The summed E-state index contributed by atoms with van der Waals surface area (Å²) < 4.78 is 0. The standard InChI is InChI=1S/C29H39ClN6O6/c1-19(2)26(35-23(37)9-4-3-7-17-36-24(38)14-15-25(36)39)28(41)34-22(8-5-6-16-32-29(31)42)27(40)33-21-12-10-20(18-30)11-13-21/h5,8,10-15,19,22,26H,3-4,6-7,9,16-18H2,1-2H3,(H,33,40)(H,34,41)(H,35,37)(H3,31,32,42)/b8-5+/t22?,26-/m0/s1. The zero-order chi connectivity index (χ0) is 31.1. The van der Waals surface area contributed by atoms with E-state index in [2.05, 4.69) is 21.3 Å². The number of benzene rings is 1. The van der Waals surface area contributed by atoms with Gasteiger partial charge < -0.3 is 27.0 Å². The smallest absolute Gasteiger partial charge is 0.312 e. The highest BCUT2D eigenvalue weighted by molar-refractivity contribution is 6.17. The number of amides is 7. The average Bonchev–Trinajstić information content (AvgIpc) is 3.27. The molecular formula is C29H39ClN6O6. The average molecular weight is 603 g/mol. The molecule has 0 bridgehead atoms. The van der Waals surface area contributed by atoms with E-state index in [1.165, 1.54) is 18.2 Å². The number of nitrogens with two attached hydrogens (primary N) is 1. The Morgan fingerprint density at radius 3 is 2.21 bits per heavy atom. The summed E-state index contributed by atoms with van der Waals surface area (Å²) in [6.07, 6.45) is 7.83. The SMILES string of the molecule is CC(C)[C@H](NC(=O)CCCCCN1C(=O)C=CC1=O)C(=O)NC(/C=C/CCNC(N)=O)C(=O)Nc1ccc(CCl)cc1. The van der Waals surface area contributed by atoms with Crippen molar-refractivity contribution in [3.63, 3.8) is 0 Å². The Bertz CT molecular complexity index is 1170. The Kier molecular flexibility index (Phi) is 14.2. The summed E-state index contributed by atoms with van der Waals surface area (Å²) in [7, 11) is 0. The fourth-order valence-corrected chi connectivity index (χ4v) is 4.19. The Balaban J connectivity index is 1.95. The zero-order valence-electron chi connectivity index (χ0n) is 23.9. The van der Waals surface area contributed by atoms with Gasteiger partial charge in [0.15, 0.2) is 0 Å². The summed E-state index contributed by atoms with van der Waals surface area (Å²) in [4.78, 5) is 74.2. The summed E-state index contributed by atoms with van der Waals surface area (Å²) in [5.41, 5.74) is 6.47. The minimum absolute atomic E-state index is 0.158. The van der Waals surface area contributed by atoms with E-state index in [0.717, 1.165) is 10.5 Å². The highest BCUT2D eigenvalue weighted by atomic mass is 35.5. The molecule has 2 rings (SSSR count). The summed E-state index contributed by atoms with van der Waals surface area (Å²) >= 11 is 5.83. The molecule has 0 radical (unpaired) electrons. The molecule has 0 aromatic heterocycles. The van der Waals surface area contributed by atoms with Gasteiger partial charge in [-0.15, -0.1) is 11.6 Å². The number of primary amides is 1. The van der Waals surface area contributed by atoms with Gasteiger partial charge in [-0.25, -0.2) is 4.79 Å². The highest BCUT2D eigenvalue weighted by Crippen LogP contribution is 2.13. The molecule has 0 aliphatic carbocycles. The largest absolute Gasteiger partial charge is 0.352 e. The van der Waals surface area contributed by atoms with Crippen LogP contribution in [0.5, 0.6) is 0 Å². The fourth-order valence-electron chi connectivity index (χ4n) is 4.02. The first-order chi connectivity index (χ1) is 20.0. The summed E-state index contributed by atoms with van der Waals surface area (Å²) in [5.74, 6) is -1.98. The third-order valence-corrected chi connectivity index (χ3v) is 6.66. The van der Waals surface area contributed by atoms with Crippen molar-refractivity contribution >= 4 is 52.9 Å². The Labute approximate surface area is 250 Å². The van der Waals surface area contributed by atoms with Crippen molar-refractivity contribution in [2.75, 3.05) is 18.4 Å². The van der Waals surface area contributed by atoms with Gasteiger partial charge in [0.05, 0.1) is 0 Å². The summed E-state index contributed by atoms with van der Waals surface area (Å²) in [6, 6.07) is 4.31. The van der Waals surface area contributed by atoms with E-state index in [1.54, 1.807) is 44.2 Å². The molecule has 0 saturated heterocycles. The maximum Gasteiger partial charge on any atom is 0.312 e. The molecule has 1 heterocycles. The van der Waals surface area contributed by atoms with E-state index >= 15 is 0 Å². The molecule has 1 aliphatic rings. The van der Waals surface area contributed by atoms with Gasteiger partial charge in [0.2, 0.25) is 11.8 Å². The number of imide groups is 1. The number of alkyl halides is 1. The number of carbonyl (C=O) groups is 6. The van der Waals surface area contributed by atoms with Crippen molar-refractivity contribution in [1.82, 2.24) is 20.9 Å². The van der Waals surface area contributed by atoms with Gasteiger partial charge in [0.25, 0.3) is 17.7 Å². The number of halogens is 1. The first-order valence-electron chi connectivity index (χ1n) is 13.8. The third kappa shape index (κ3) is 11.7. The second-order valence-electron chi connectivity index (χ2n) is 10.1. The van der Waals surface area contributed by atoms with Crippen molar-refractivity contribution in [2.24, 2.45) is 11.7 Å². The van der Waals surface area contributed by atoms with Crippen LogP contribution in [0.15, 0.2) is 48.6 Å². The predicted octanol–water partition coefficient (Wildman–Crippen LogP) is 2.09. The van der Waals surface area contributed by atoms with Crippen LogP contribution in [0, 0.1) is 5.92 Å². The fraction of sp³-hybridized carbons (Fsp3) is 0.448. The minimum atomic E-state index is -1.07. The number of anilines is 1. The van der Waals surface area contributed by atoms with Gasteiger partial charge >= 0.3 is 6.03 Å². The lowest BCUT2D eigenvalue weighted by Crippen LogP contribution is -2.54. The van der Waals surface area contributed by atoms with Crippen molar-refractivity contribution in [2.45, 2.75) is 63.9 Å². The van der Waals surface area contributed by atoms with Crippen LogP contribution in [0.3, 0.4) is 0 Å². The van der Waals surface area contributed by atoms with E-state index in [4.69, 9.17) is 17.3 Å². The van der Waals surface area contributed by atoms with Crippen molar-refractivity contribution in [3.05, 3.63) is 54.1 Å².